The lowest BCUT2D eigenvalue weighted by Gasteiger charge is -2.45. The molecule has 8 nitrogen and oxygen atoms in total. The van der Waals surface area contributed by atoms with E-state index < -0.39 is 12.1 Å². The van der Waals surface area contributed by atoms with Gasteiger partial charge in [-0.15, -0.1) is 0 Å². The first-order valence-corrected chi connectivity index (χ1v) is 11.5. The Morgan fingerprint density at radius 2 is 2.21 bits per heavy atom. The number of aromatic nitrogens is 1. The lowest BCUT2D eigenvalue weighted by atomic mass is 9.85. The summed E-state index contributed by atoms with van der Waals surface area (Å²) >= 11 is 0. The van der Waals surface area contributed by atoms with Crippen LogP contribution in [0, 0.1) is 11.3 Å². The van der Waals surface area contributed by atoms with Gasteiger partial charge in [-0.3, -0.25) is 14.7 Å². The van der Waals surface area contributed by atoms with Crippen molar-refractivity contribution in [2.75, 3.05) is 39.8 Å². The average Bonchev–Trinajstić information content (AvgIpc) is 2.99. The standard InChI is InChI=1S/C25H29N5O3/c1-30-15-25(16-30)21-10-22(28-12-19(21)14-33-25)18-5-3-17(4-6-18)9-20(11-26)29-24(31)23-13-27-7-2-8-32-23/h3-6,10,12,20,23,27H,2,7-9,13-16H2,1H3,(H,29,31)/t20-,23-/m0/s1. The van der Waals surface area contributed by atoms with E-state index in [1.54, 1.807) is 0 Å². The van der Waals surface area contributed by atoms with Crippen molar-refractivity contribution in [1.29, 1.82) is 5.26 Å². The molecule has 3 aliphatic heterocycles. The van der Waals surface area contributed by atoms with Gasteiger partial charge in [0, 0.05) is 50.0 Å². The zero-order valence-electron chi connectivity index (χ0n) is 18.8. The SMILES string of the molecule is CN1CC2(C1)OCc1cnc(-c3ccc(C[C@@H](C#N)NC(=O)[C@@H]4CNCCCO4)cc3)cc12. The number of nitrogens with zero attached hydrogens (tertiary/aromatic N) is 3. The van der Waals surface area contributed by atoms with Gasteiger partial charge in [-0.05, 0) is 37.2 Å². The minimum absolute atomic E-state index is 0.184. The van der Waals surface area contributed by atoms with E-state index in [9.17, 15) is 10.1 Å². The second-order valence-corrected chi connectivity index (χ2v) is 9.19. The number of pyridine rings is 1. The molecule has 5 rings (SSSR count). The number of nitriles is 1. The van der Waals surface area contributed by atoms with Gasteiger partial charge in [-0.1, -0.05) is 24.3 Å². The fourth-order valence-electron chi connectivity index (χ4n) is 4.89. The number of rotatable bonds is 5. The predicted octanol–water partition coefficient (Wildman–Crippen LogP) is 1.35. The van der Waals surface area contributed by atoms with E-state index in [0.717, 1.165) is 42.9 Å². The molecule has 1 amide bonds. The quantitative estimate of drug-likeness (QED) is 0.714. The van der Waals surface area contributed by atoms with Gasteiger partial charge in [-0.2, -0.15) is 5.26 Å². The van der Waals surface area contributed by atoms with E-state index in [-0.39, 0.29) is 11.5 Å². The molecule has 2 saturated heterocycles. The van der Waals surface area contributed by atoms with Crippen LogP contribution >= 0.6 is 0 Å². The molecule has 2 atom stereocenters. The predicted molar refractivity (Wildman–Crippen MR) is 122 cm³/mol. The van der Waals surface area contributed by atoms with Crippen molar-refractivity contribution in [1.82, 2.24) is 20.5 Å². The van der Waals surface area contributed by atoms with E-state index in [1.807, 2.05) is 30.5 Å². The third-order valence-electron chi connectivity index (χ3n) is 6.63. The van der Waals surface area contributed by atoms with Crippen LogP contribution in [0.15, 0.2) is 36.5 Å². The summed E-state index contributed by atoms with van der Waals surface area (Å²) in [6.45, 7) is 4.29. The molecule has 0 radical (unpaired) electrons. The van der Waals surface area contributed by atoms with Crippen molar-refractivity contribution in [3.63, 3.8) is 0 Å². The molecule has 2 fully saturated rings. The number of hydrogen-bond donors (Lipinski definition) is 2. The molecule has 8 heteroatoms. The van der Waals surface area contributed by atoms with Gasteiger partial charge < -0.3 is 20.1 Å². The third kappa shape index (κ3) is 4.50. The molecule has 0 bridgehead atoms. The van der Waals surface area contributed by atoms with Crippen LogP contribution in [0.4, 0.5) is 0 Å². The first-order valence-electron chi connectivity index (χ1n) is 11.5. The number of ether oxygens (including phenoxy) is 2. The fraction of sp³-hybridized carbons (Fsp3) is 0.480. The first-order chi connectivity index (χ1) is 16.1. The first kappa shape index (κ1) is 22.0. The molecule has 2 aromatic rings. The lowest BCUT2D eigenvalue weighted by molar-refractivity contribution is -0.133. The molecular weight excluding hydrogens is 418 g/mol. The van der Waals surface area contributed by atoms with Crippen LogP contribution in [0.1, 0.15) is 23.1 Å². The number of nitrogens with one attached hydrogen (secondary N) is 2. The van der Waals surface area contributed by atoms with E-state index in [1.165, 1.54) is 11.1 Å². The number of amides is 1. The van der Waals surface area contributed by atoms with Crippen LogP contribution in [0.25, 0.3) is 11.3 Å². The molecule has 0 unspecified atom stereocenters. The van der Waals surface area contributed by atoms with Crippen LogP contribution in [-0.2, 0) is 32.9 Å². The highest BCUT2D eigenvalue weighted by Gasteiger charge is 2.48. The maximum Gasteiger partial charge on any atom is 0.251 e. The maximum atomic E-state index is 12.5. The summed E-state index contributed by atoms with van der Waals surface area (Å²) in [5.74, 6) is -0.243. The van der Waals surface area contributed by atoms with Crippen molar-refractivity contribution in [2.24, 2.45) is 0 Å². The normalized spacial score (nSPS) is 22.6. The topological polar surface area (TPSA) is 99.5 Å². The molecule has 2 N–H and O–H groups in total. The summed E-state index contributed by atoms with van der Waals surface area (Å²) in [4.78, 5) is 19.4. The highest BCUT2D eigenvalue weighted by molar-refractivity contribution is 5.81. The summed E-state index contributed by atoms with van der Waals surface area (Å²) in [5.41, 5.74) is 5.15. The Kier molecular flexibility index (Phi) is 6.13. The minimum Gasteiger partial charge on any atom is -0.367 e. The Hall–Kier alpha value is -2.83. The van der Waals surface area contributed by atoms with Crippen LogP contribution in [0.3, 0.4) is 0 Å². The van der Waals surface area contributed by atoms with Gasteiger partial charge in [0.2, 0.25) is 0 Å². The average molecular weight is 448 g/mol. The van der Waals surface area contributed by atoms with E-state index in [2.05, 4.69) is 39.7 Å². The van der Waals surface area contributed by atoms with Crippen molar-refractivity contribution >= 4 is 5.91 Å². The number of carbonyl (C=O) groups is 1. The zero-order chi connectivity index (χ0) is 22.8. The molecule has 3 aliphatic rings. The fourth-order valence-corrected chi connectivity index (χ4v) is 4.89. The molecule has 1 aromatic carbocycles. The van der Waals surface area contributed by atoms with Crippen molar-refractivity contribution in [3.05, 3.63) is 53.2 Å². The van der Waals surface area contributed by atoms with Gasteiger partial charge in [0.1, 0.15) is 17.7 Å². The molecule has 0 aliphatic carbocycles. The second-order valence-electron chi connectivity index (χ2n) is 9.19. The second kappa shape index (κ2) is 9.20. The highest BCUT2D eigenvalue weighted by Crippen LogP contribution is 2.43. The number of likely N-dealkylation sites (tertiary alicyclic amines) is 1. The van der Waals surface area contributed by atoms with Crippen molar-refractivity contribution in [3.8, 4) is 17.3 Å². The number of likely N-dealkylation sites (N-methyl/N-ethyl adjacent to an activating group) is 1. The molecule has 33 heavy (non-hydrogen) atoms. The molecular formula is C25H29N5O3. The van der Waals surface area contributed by atoms with E-state index in [0.29, 0.717) is 26.2 Å². The largest absolute Gasteiger partial charge is 0.367 e. The molecule has 1 spiro atoms. The lowest BCUT2D eigenvalue weighted by Crippen LogP contribution is -2.57. The highest BCUT2D eigenvalue weighted by atomic mass is 16.5. The monoisotopic (exact) mass is 447 g/mol. The Balaban J connectivity index is 1.24. The summed E-state index contributed by atoms with van der Waals surface area (Å²) < 4.78 is 11.7. The van der Waals surface area contributed by atoms with Crippen LogP contribution < -0.4 is 10.6 Å². The number of benzene rings is 1. The van der Waals surface area contributed by atoms with Gasteiger partial charge in [0.15, 0.2) is 0 Å². The minimum atomic E-state index is -0.610. The van der Waals surface area contributed by atoms with Gasteiger partial charge in [0.25, 0.3) is 5.91 Å². The van der Waals surface area contributed by atoms with E-state index in [4.69, 9.17) is 9.47 Å². The van der Waals surface area contributed by atoms with Crippen LogP contribution in [-0.4, -0.2) is 67.8 Å². The zero-order valence-corrected chi connectivity index (χ0v) is 18.8. The van der Waals surface area contributed by atoms with E-state index >= 15 is 0 Å². The summed E-state index contributed by atoms with van der Waals surface area (Å²) in [5, 5.41) is 15.6. The maximum absolute atomic E-state index is 12.5. The van der Waals surface area contributed by atoms with Gasteiger partial charge in [0.05, 0.1) is 18.4 Å². The molecule has 172 valence electrons. The summed E-state index contributed by atoms with van der Waals surface area (Å²) in [6.07, 6.45) is 2.68. The summed E-state index contributed by atoms with van der Waals surface area (Å²) in [7, 11) is 2.10. The summed E-state index contributed by atoms with van der Waals surface area (Å²) in [6, 6.07) is 11.8. The molecule has 1 aromatic heterocycles. The number of fused-ring (bicyclic) bond motifs is 2. The molecule has 0 saturated carbocycles. The van der Waals surface area contributed by atoms with Crippen LogP contribution in [0.2, 0.25) is 0 Å². The van der Waals surface area contributed by atoms with Gasteiger partial charge in [-0.25, -0.2) is 0 Å². The van der Waals surface area contributed by atoms with Crippen molar-refractivity contribution in [2.45, 2.75) is 37.2 Å². The Morgan fingerprint density at radius 3 is 2.97 bits per heavy atom. The Bertz CT molecular complexity index is 1050. The number of hydrogen-bond acceptors (Lipinski definition) is 7. The van der Waals surface area contributed by atoms with Crippen LogP contribution in [0.5, 0.6) is 0 Å². The van der Waals surface area contributed by atoms with Crippen molar-refractivity contribution < 1.29 is 14.3 Å². The molecule has 4 heterocycles. The van der Waals surface area contributed by atoms with Gasteiger partial charge >= 0.3 is 0 Å². The smallest absolute Gasteiger partial charge is 0.251 e. The Morgan fingerprint density at radius 1 is 1.39 bits per heavy atom. The Labute approximate surface area is 193 Å². The third-order valence-corrected chi connectivity index (χ3v) is 6.63. The number of carbonyl (C=O) groups excluding carboxylic acids is 1.